The van der Waals surface area contributed by atoms with Crippen LogP contribution in [0.5, 0.6) is 0 Å². The van der Waals surface area contributed by atoms with Gasteiger partial charge in [0, 0.05) is 28.7 Å². The Bertz CT molecular complexity index is 430. The van der Waals surface area contributed by atoms with Crippen molar-refractivity contribution in [2.75, 3.05) is 0 Å². The van der Waals surface area contributed by atoms with Crippen LogP contribution in [0.3, 0.4) is 0 Å². The van der Waals surface area contributed by atoms with Crippen LogP contribution < -0.4 is 5.32 Å². The largest absolute Gasteiger partial charge is 0.307 e. The second-order valence-corrected chi connectivity index (χ2v) is 5.40. The van der Waals surface area contributed by atoms with Gasteiger partial charge in [0.15, 0.2) is 0 Å². The summed E-state index contributed by atoms with van der Waals surface area (Å²) < 4.78 is 0.749. The Labute approximate surface area is 102 Å². The van der Waals surface area contributed by atoms with E-state index in [2.05, 4.69) is 28.2 Å². The molecule has 2 rings (SSSR count). The van der Waals surface area contributed by atoms with Gasteiger partial charge in [-0.3, -0.25) is 10.1 Å². The molecule has 0 unspecified atom stereocenters. The molecule has 0 heterocycles. The van der Waals surface area contributed by atoms with E-state index >= 15 is 0 Å². The molecule has 0 radical (unpaired) electrons. The van der Waals surface area contributed by atoms with Crippen molar-refractivity contribution >= 4 is 21.6 Å². The Morgan fingerprint density at radius 1 is 1.50 bits per heavy atom. The number of nitrogens with zero attached hydrogens (tertiary/aromatic N) is 1. The van der Waals surface area contributed by atoms with Gasteiger partial charge in [0.1, 0.15) is 0 Å². The van der Waals surface area contributed by atoms with Crippen LogP contribution in [0.2, 0.25) is 0 Å². The van der Waals surface area contributed by atoms with Crippen LogP contribution in [-0.4, -0.2) is 10.5 Å². The number of hydrogen-bond acceptors (Lipinski definition) is 3. The summed E-state index contributed by atoms with van der Waals surface area (Å²) in [6, 6.07) is 5.04. The number of nitro groups is 1. The average Bonchev–Trinajstić information content (AvgIpc) is 2.94. The number of nitrogens with one attached hydrogen (secondary N) is 1. The topological polar surface area (TPSA) is 55.2 Å². The van der Waals surface area contributed by atoms with Crippen molar-refractivity contribution in [2.45, 2.75) is 31.8 Å². The highest BCUT2D eigenvalue weighted by molar-refractivity contribution is 9.10. The highest BCUT2D eigenvalue weighted by Gasteiger charge is 2.36. The molecule has 1 aromatic rings. The van der Waals surface area contributed by atoms with E-state index in [1.165, 1.54) is 18.9 Å². The van der Waals surface area contributed by atoms with Gasteiger partial charge in [-0.25, -0.2) is 0 Å². The van der Waals surface area contributed by atoms with Gasteiger partial charge in [-0.05, 0) is 31.4 Å². The third-order valence-electron chi connectivity index (χ3n) is 2.87. The van der Waals surface area contributed by atoms with Crippen molar-refractivity contribution in [3.05, 3.63) is 38.3 Å². The van der Waals surface area contributed by atoms with E-state index in [1.54, 1.807) is 6.07 Å². The highest BCUT2D eigenvalue weighted by Crippen LogP contribution is 2.34. The molecule has 86 valence electrons. The summed E-state index contributed by atoms with van der Waals surface area (Å²) in [5, 5.41) is 14.1. The fraction of sp³-hybridized carbons (Fsp3) is 0.455. The van der Waals surface area contributed by atoms with E-state index in [1.807, 2.05) is 6.07 Å². The number of non-ortho nitro benzene ring substituents is 1. The summed E-state index contributed by atoms with van der Waals surface area (Å²) in [4.78, 5) is 10.3. The second kappa shape index (κ2) is 4.14. The van der Waals surface area contributed by atoms with E-state index in [0.29, 0.717) is 6.54 Å². The average molecular weight is 285 g/mol. The van der Waals surface area contributed by atoms with Crippen molar-refractivity contribution in [3.63, 3.8) is 0 Å². The highest BCUT2D eigenvalue weighted by atomic mass is 79.9. The summed E-state index contributed by atoms with van der Waals surface area (Å²) >= 11 is 3.29. The molecule has 0 aliphatic heterocycles. The second-order valence-electron chi connectivity index (χ2n) is 4.49. The number of nitro benzene ring substituents is 1. The monoisotopic (exact) mass is 284 g/mol. The van der Waals surface area contributed by atoms with Crippen molar-refractivity contribution < 1.29 is 4.92 Å². The third-order valence-corrected chi connectivity index (χ3v) is 3.33. The van der Waals surface area contributed by atoms with Crippen LogP contribution in [0.1, 0.15) is 25.3 Å². The van der Waals surface area contributed by atoms with E-state index in [4.69, 9.17) is 0 Å². The molecule has 4 nitrogen and oxygen atoms in total. The van der Waals surface area contributed by atoms with Crippen molar-refractivity contribution in [3.8, 4) is 0 Å². The normalized spacial score (nSPS) is 17.1. The minimum Gasteiger partial charge on any atom is -0.307 e. The lowest BCUT2D eigenvalue weighted by molar-refractivity contribution is -0.385. The quantitative estimate of drug-likeness (QED) is 0.683. The summed E-state index contributed by atoms with van der Waals surface area (Å²) in [6.07, 6.45) is 2.37. The first-order chi connectivity index (χ1) is 7.48. The molecule has 16 heavy (non-hydrogen) atoms. The Morgan fingerprint density at radius 3 is 2.75 bits per heavy atom. The predicted molar refractivity (Wildman–Crippen MR) is 65.3 cm³/mol. The van der Waals surface area contributed by atoms with Gasteiger partial charge in [0.05, 0.1) is 4.92 Å². The molecular weight excluding hydrogens is 272 g/mol. The predicted octanol–water partition coefficient (Wildman–Crippen LogP) is 3.00. The van der Waals surface area contributed by atoms with Gasteiger partial charge in [-0.15, -0.1) is 0 Å². The van der Waals surface area contributed by atoms with Crippen LogP contribution in [0.25, 0.3) is 0 Å². The van der Waals surface area contributed by atoms with Gasteiger partial charge in [-0.2, -0.15) is 0 Å². The molecule has 0 spiro atoms. The molecule has 5 heteroatoms. The van der Waals surface area contributed by atoms with Gasteiger partial charge in [0.25, 0.3) is 5.69 Å². The van der Waals surface area contributed by atoms with Crippen molar-refractivity contribution in [2.24, 2.45) is 0 Å². The van der Waals surface area contributed by atoms with Crippen molar-refractivity contribution in [1.82, 2.24) is 5.32 Å². The summed E-state index contributed by atoms with van der Waals surface area (Å²) in [5.74, 6) is 0. The smallest absolute Gasteiger partial charge is 0.270 e. The molecular formula is C11H13BrN2O2. The number of hydrogen-bond donors (Lipinski definition) is 1. The van der Waals surface area contributed by atoms with E-state index in [9.17, 15) is 10.1 Å². The van der Waals surface area contributed by atoms with Crippen LogP contribution in [0, 0.1) is 10.1 Å². The van der Waals surface area contributed by atoms with Gasteiger partial charge in [-0.1, -0.05) is 15.9 Å². The Kier molecular flexibility index (Phi) is 2.99. The fourth-order valence-electron chi connectivity index (χ4n) is 1.52. The number of rotatable bonds is 4. The molecule has 0 saturated heterocycles. The molecule has 1 aromatic carbocycles. The summed E-state index contributed by atoms with van der Waals surface area (Å²) in [6.45, 7) is 2.84. The maximum atomic E-state index is 10.7. The van der Waals surface area contributed by atoms with Gasteiger partial charge < -0.3 is 5.32 Å². The SMILES string of the molecule is CC1(NCc2cc(Br)cc([N+](=O)[O-])c2)CC1. The zero-order valence-corrected chi connectivity index (χ0v) is 10.6. The molecule has 1 N–H and O–H groups in total. The zero-order chi connectivity index (χ0) is 11.8. The van der Waals surface area contributed by atoms with Crippen molar-refractivity contribution in [1.29, 1.82) is 0 Å². The van der Waals surface area contributed by atoms with Gasteiger partial charge in [0.2, 0.25) is 0 Å². The molecule has 1 aliphatic carbocycles. The lowest BCUT2D eigenvalue weighted by atomic mass is 10.2. The van der Waals surface area contributed by atoms with Crippen LogP contribution in [0.15, 0.2) is 22.7 Å². The molecule has 0 bridgehead atoms. The first-order valence-corrected chi connectivity index (χ1v) is 5.97. The number of halogens is 1. The first kappa shape index (κ1) is 11.5. The maximum Gasteiger partial charge on any atom is 0.270 e. The minimum atomic E-state index is -0.368. The fourth-order valence-corrected chi connectivity index (χ4v) is 2.05. The Hall–Kier alpha value is -0.940. The molecule has 1 saturated carbocycles. The lowest BCUT2D eigenvalue weighted by Gasteiger charge is -2.11. The Balaban J connectivity index is 2.10. The first-order valence-electron chi connectivity index (χ1n) is 5.17. The standard InChI is InChI=1S/C11H13BrN2O2/c1-11(2-3-11)13-7-8-4-9(12)6-10(5-8)14(15)16/h4-6,13H,2-3,7H2,1H3. The van der Waals surface area contributed by atoms with Crippen LogP contribution in [0.4, 0.5) is 5.69 Å². The number of benzene rings is 1. The minimum absolute atomic E-state index is 0.132. The molecule has 0 atom stereocenters. The van der Waals surface area contributed by atoms with E-state index in [-0.39, 0.29) is 16.1 Å². The van der Waals surface area contributed by atoms with Crippen LogP contribution >= 0.6 is 15.9 Å². The molecule has 1 fully saturated rings. The lowest BCUT2D eigenvalue weighted by Crippen LogP contribution is -2.26. The Morgan fingerprint density at radius 2 is 2.19 bits per heavy atom. The summed E-state index contributed by atoms with van der Waals surface area (Å²) in [7, 11) is 0. The maximum absolute atomic E-state index is 10.7. The van der Waals surface area contributed by atoms with Gasteiger partial charge >= 0.3 is 0 Å². The van der Waals surface area contributed by atoms with E-state index in [0.717, 1.165) is 10.0 Å². The third kappa shape index (κ3) is 2.80. The molecule has 1 aliphatic rings. The summed E-state index contributed by atoms with van der Waals surface area (Å²) in [5.41, 5.74) is 1.32. The molecule has 0 amide bonds. The van der Waals surface area contributed by atoms with E-state index < -0.39 is 0 Å². The van der Waals surface area contributed by atoms with Crippen LogP contribution in [-0.2, 0) is 6.54 Å². The zero-order valence-electron chi connectivity index (χ0n) is 9.00. The molecule has 0 aromatic heterocycles.